The monoisotopic (exact) mass is 250 g/mol. The molecule has 0 spiro atoms. The maximum atomic E-state index is 4.99. The molecule has 0 fully saturated rings. The average Bonchev–Trinajstić information content (AvgIpc) is 1.89. The van der Waals surface area contributed by atoms with E-state index >= 15 is 0 Å². The van der Waals surface area contributed by atoms with E-state index in [-0.39, 0.29) is 0 Å². The van der Waals surface area contributed by atoms with Gasteiger partial charge < -0.3 is 0 Å². The van der Waals surface area contributed by atoms with Gasteiger partial charge in [-0.2, -0.15) is 0 Å². The third-order valence-corrected chi connectivity index (χ3v) is 16.4. The minimum atomic E-state index is -0.456. The molecule has 0 amide bonds. The van der Waals surface area contributed by atoms with Crippen molar-refractivity contribution in [2.24, 2.45) is 0 Å². The van der Waals surface area contributed by atoms with Crippen molar-refractivity contribution in [3.05, 3.63) is 0 Å². The van der Waals surface area contributed by atoms with E-state index in [1.807, 2.05) is 0 Å². The quantitative estimate of drug-likeness (QED) is 0.551. The molecule has 0 aliphatic carbocycles. The Kier molecular flexibility index (Phi) is 10.6. The standard InChI is InChI=1S/CH5OP7/c1-2-9(4)8-7-6-5-3/h3H2,1H3. The zero-order valence-corrected chi connectivity index (χ0v) is 11.2. The predicted molar refractivity (Wildman–Crippen MR) is 58.2 cm³/mol. The molecule has 0 heterocycles. The van der Waals surface area contributed by atoms with Crippen LogP contribution in [0.25, 0.3) is 0 Å². The average molecular weight is 250 g/mol. The number of hydrogen-bond acceptors (Lipinski definition) is 1. The van der Waals surface area contributed by atoms with E-state index in [2.05, 4.69) is 17.3 Å². The van der Waals surface area contributed by atoms with Gasteiger partial charge in [0.05, 0.1) is 0 Å². The van der Waals surface area contributed by atoms with Crippen LogP contribution in [0, 0.1) is 0 Å². The van der Waals surface area contributed by atoms with Crippen molar-refractivity contribution in [2.75, 3.05) is 7.11 Å². The van der Waals surface area contributed by atoms with E-state index in [4.69, 9.17) is 4.52 Å². The first-order valence-electron chi connectivity index (χ1n) is 1.85. The van der Waals surface area contributed by atoms with Crippen LogP contribution in [0.2, 0.25) is 0 Å². The van der Waals surface area contributed by atoms with Gasteiger partial charge >= 0.3 is 66.1 Å². The maximum absolute atomic E-state index is 4.99. The van der Waals surface area contributed by atoms with Gasteiger partial charge in [-0.05, 0) is 0 Å². The SMILES string of the molecule is COP(#P)P=PP=PP. The summed E-state index contributed by atoms with van der Waals surface area (Å²) in [6.07, 6.45) is 0. The normalized spacial score (nSPS) is 13.2. The Morgan fingerprint density at radius 1 is 1.56 bits per heavy atom. The van der Waals surface area contributed by atoms with Crippen LogP contribution < -0.4 is 0 Å². The molecule has 50 valence electrons. The Morgan fingerprint density at radius 3 is 2.67 bits per heavy atom. The van der Waals surface area contributed by atoms with Crippen molar-refractivity contribution < 1.29 is 4.52 Å². The minimum absolute atomic E-state index is 0.456. The second-order valence-corrected chi connectivity index (χ2v) is 14.8. The molecule has 0 N–H and O–H groups in total. The third-order valence-electron chi connectivity index (χ3n) is 0.371. The molecule has 9 heavy (non-hydrogen) atoms. The summed E-state index contributed by atoms with van der Waals surface area (Å²) in [6.45, 7) is -0.456. The van der Waals surface area contributed by atoms with Crippen LogP contribution in [0.4, 0.5) is 0 Å². The van der Waals surface area contributed by atoms with Crippen molar-refractivity contribution in [3.63, 3.8) is 0 Å². The fourth-order valence-corrected chi connectivity index (χ4v) is 16.6. The summed E-state index contributed by atoms with van der Waals surface area (Å²) in [5, 5.41) is 0. The summed E-state index contributed by atoms with van der Waals surface area (Å²) in [5.41, 5.74) is 0. The molecule has 0 aromatic carbocycles. The molecule has 0 rings (SSSR count). The second kappa shape index (κ2) is 8.42. The first-order chi connectivity index (χ1) is 4.31. The molecule has 0 radical (unpaired) electrons. The van der Waals surface area contributed by atoms with E-state index < -0.39 is 6.94 Å². The molecule has 0 saturated heterocycles. The molecule has 0 bridgehead atoms. The van der Waals surface area contributed by atoms with Gasteiger partial charge in [0, 0.05) is 0 Å². The van der Waals surface area contributed by atoms with Crippen LogP contribution in [0.1, 0.15) is 0 Å². The van der Waals surface area contributed by atoms with Gasteiger partial charge in [0.15, 0.2) is 0 Å². The molecular weight excluding hydrogens is 245 g/mol. The van der Waals surface area contributed by atoms with Gasteiger partial charge in [-0.1, -0.05) is 0 Å². The van der Waals surface area contributed by atoms with E-state index in [1.54, 1.807) is 7.11 Å². The zero-order valence-electron chi connectivity index (χ0n) is 4.67. The van der Waals surface area contributed by atoms with Crippen molar-refractivity contribution in [1.82, 2.24) is 0 Å². The Hall–Kier alpha value is 2.32. The second-order valence-electron chi connectivity index (χ2n) is 0.819. The van der Waals surface area contributed by atoms with Crippen molar-refractivity contribution in [3.8, 4) is 0 Å². The van der Waals surface area contributed by atoms with E-state index in [1.165, 1.54) is 30.2 Å². The third kappa shape index (κ3) is 8.22. The topological polar surface area (TPSA) is 9.23 Å². The first kappa shape index (κ1) is 11.3. The number of hydrogen-bond donors (Lipinski definition) is 0. The van der Waals surface area contributed by atoms with Crippen LogP contribution in [-0.2, 0) is 4.52 Å². The summed E-state index contributed by atoms with van der Waals surface area (Å²) in [5.74, 6) is 0. The zero-order chi connectivity index (χ0) is 7.11. The fraction of sp³-hybridized carbons (Fsp3) is 1.00. The Morgan fingerprint density at radius 2 is 2.22 bits per heavy atom. The molecule has 1 nitrogen and oxygen atoms in total. The van der Waals surface area contributed by atoms with Crippen molar-refractivity contribution in [1.29, 1.82) is 0 Å². The van der Waals surface area contributed by atoms with Crippen molar-refractivity contribution >= 4 is 54.4 Å². The molecule has 0 aliphatic heterocycles. The van der Waals surface area contributed by atoms with E-state index in [9.17, 15) is 0 Å². The van der Waals surface area contributed by atoms with Gasteiger partial charge in [0.25, 0.3) is 0 Å². The molecule has 2 unspecified atom stereocenters. The van der Waals surface area contributed by atoms with E-state index in [0.29, 0.717) is 0 Å². The van der Waals surface area contributed by atoms with Crippen molar-refractivity contribution in [2.45, 2.75) is 0 Å². The molecule has 8 heteroatoms. The van der Waals surface area contributed by atoms with Gasteiger partial charge in [-0.15, -0.1) is 0 Å². The Bertz CT molecular complexity index is 171. The Balaban J connectivity index is 3.62. The summed E-state index contributed by atoms with van der Waals surface area (Å²) in [6, 6.07) is 0. The van der Waals surface area contributed by atoms with Crippen LogP contribution in [0.3, 0.4) is 0 Å². The fourth-order valence-electron chi connectivity index (χ4n) is 0.112. The van der Waals surface area contributed by atoms with Gasteiger partial charge in [0.1, 0.15) is 0 Å². The molecule has 0 aliphatic rings. The molecular formula is CH5OP7. The van der Waals surface area contributed by atoms with Crippen LogP contribution in [-0.4, -0.2) is 7.11 Å². The predicted octanol–water partition coefficient (Wildman–Crippen LogP) is 5.59. The van der Waals surface area contributed by atoms with Gasteiger partial charge in [-0.3, -0.25) is 0 Å². The van der Waals surface area contributed by atoms with E-state index in [0.717, 1.165) is 0 Å². The summed E-state index contributed by atoms with van der Waals surface area (Å²) in [4.78, 5) is 0. The Labute approximate surface area is 66.3 Å². The molecule has 0 saturated carbocycles. The first-order valence-corrected chi connectivity index (χ1v) is 12.3. The molecule has 0 aromatic rings. The summed E-state index contributed by atoms with van der Waals surface area (Å²) >= 11 is 0. The number of rotatable bonds is 1. The summed E-state index contributed by atoms with van der Waals surface area (Å²) in [7, 11) is 14.0. The van der Waals surface area contributed by atoms with Crippen LogP contribution in [0.15, 0.2) is 0 Å². The van der Waals surface area contributed by atoms with Gasteiger partial charge in [-0.25, -0.2) is 0 Å². The van der Waals surface area contributed by atoms with Crippen LogP contribution >= 0.6 is 54.4 Å². The summed E-state index contributed by atoms with van der Waals surface area (Å²) < 4.78 is 4.99. The molecule has 2 atom stereocenters. The van der Waals surface area contributed by atoms with Crippen LogP contribution in [0.5, 0.6) is 0 Å². The molecule has 0 aromatic heterocycles. The van der Waals surface area contributed by atoms with Gasteiger partial charge in [0.2, 0.25) is 0 Å².